The van der Waals surface area contributed by atoms with E-state index in [0.717, 1.165) is 38.2 Å². The van der Waals surface area contributed by atoms with Crippen LogP contribution in [0.1, 0.15) is 43.3 Å². The second kappa shape index (κ2) is 4.30. The molecule has 0 bridgehead atoms. The molecule has 3 aliphatic rings. The molecule has 102 valence electrons. The molecule has 1 aliphatic carbocycles. The molecule has 0 aromatic carbocycles. The lowest BCUT2D eigenvalue weighted by molar-refractivity contribution is -0.147. The number of likely N-dealkylation sites (tertiary alicyclic amines) is 1. The molecule has 6 heteroatoms. The third kappa shape index (κ3) is 2.04. The lowest BCUT2D eigenvalue weighted by Crippen LogP contribution is -2.53. The summed E-state index contributed by atoms with van der Waals surface area (Å²) in [4.78, 5) is 14.0. The SMILES string of the molecule is O=C(C1CCCO1)N1CC(n2cc(C3CC3)nn2)C1. The van der Waals surface area contributed by atoms with Gasteiger partial charge in [0.25, 0.3) is 5.91 Å². The van der Waals surface area contributed by atoms with Gasteiger partial charge in [-0.1, -0.05) is 5.21 Å². The number of rotatable bonds is 3. The fourth-order valence-corrected chi connectivity index (χ4v) is 2.81. The summed E-state index contributed by atoms with van der Waals surface area (Å²) in [5.41, 5.74) is 1.11. The molecule has 0 radical (unpaired) electrons. The van der Waals surface area contributed by atoms with Crippen LogP contribution in [0.25, 0.3) is 0 Å². The molecule has 0 spiro atoms. The first kappa shape index (κ1) is 11.4. The van der Waals surface area contributed by atoms with Crippen molar-refractivity contribution in [3.8, 4) is 0 Å². The molecule has 1 atom stereocenters. The minimum absolute atomic E-state index is 0.149. The summed E-state index contributed by atoms with van der Waals surface area (Å²) in [6.07, 6.45) is 6.21. The van der Waals surface area contributed by atoms with Gasteiger partial charge in [0.1, 0.15) is 6.10 Å². The van der Waals surface area contributed by atoms with Crippen LogP contribution in [0.2, 0.25) is 0 Å². The number of hydrogen-bond donors (Lipinski definition) is 0. The van der Waals surface area contributed by atoms with Gasteiger partial charge in [0.15, 0.2) is 0 Å². The van der Waals surface area contributed by atoms with Crippen LogP contribution in [0.15, 0.2) is 6.20 Å². The predicted octanol–water partition coefficient (Wildman–Crippen LogP) is 0.718. The first-order valence-corrected chi connectivity index (χ1v) is 7.13. The maximum atomic E-state index is 12.1. The van der Waals surface area contributed by atoms with Gasteiger partial charge in [0, 0.05) is 31.8 Å². The molecular weight excluding hydrogens is 244 g/mol. The van der Waals surface area contributed by atoms with E-state index in [1.54, 1.807) is 0 Å². The summed E-state index contributed by atoms with van der Waals surface area (Å²) in [6.45, 7) is 2.21. The molecule has 3 heterocycles. The van der Waals surface area contributed by atoms with Crippen molar-refractivity contribution in [3.63, 3.8) is 0 Å². The number of aromatic nitrogens is 3. The van der Waals surface area contributed by atoms with Crippen LogP contribution < -0.4 is 0 Å². The fourth-order valence-electron chi connectivity index (χ4n) is 2.81. The Balaban J connectivity index is 1.34. The van der Waals surface area contributed by atoms with Crippen LogP contribution in [-0.2, 0) is 9.53 Å². The molecular formula is C13H18N4O2. The molecule has 1 saturated carbocycles. The summed E-state index contributed by atoms with van der Waals surface area (Å²) in [5.74, 6) is 0.787. The Morgan fingerprint density at radius 2 is 2.16 bits per heavy atom. The Bertz CT molecular complexity index is 485. The fraction of sp³-hybridized carbons (Fsp3) is 0.769. The van der Waals surface area contributed by atoms with Gasteiger partial charge < -0.3 is 9.64 Å². The molecule has 4 rings (SSSR count). The predicted molar refractivity (Wildman–Crippen MR) is 66.6 cm³/mol. The zero-order valence-corrected chi connectivity index (χ0v) is 10.9. The number of ether oxygens (including phenoxy) is 1. The van der Waals surface area contributed by atoms with Crippen molar-refractivity contribution in [3.05, 3.63) is 11.9 Å². The van der Waals surface area contributed by atoms with Gasteiger partial charge in [-0.15, -0.1) is 5.10 Å². The topological polar surface area (TPSA) is 60.2 Å². The normalized spacial score (nSPS) is 27.6. The number of carbonyl (C=O) groups excluding carboxylic acids is 1. The van der Waals surface area contributed by atoms with Gasteiger partial charge in [-0.05, 0) is 25.7 Å². The van der Waals surface area contributed by atoms with E-state index in [9.17, 15) is 4.79 Å². The molecule has 0 N–H and O–H groups in total. The molecule has 1 amide bonds. The molecule has 1 aromatic heterocycles. The van der Waals surface area contributed by atoms with Crippen LogP contribution in [0.3, 0.4) is 0 Å². The van der Waals surface area contributed by atoms with Gasteiger partial charge in [-0.25, -0.2) is 4.68 Å². The van der Waals surface area contributed by atoms with Crippen LogP contribution >= 0.6 is 0 Å². The van der Waals surface area contributed by atoms with Crippen molar-refractivity contribution < 1.29 is 9.53 Å². The van der Waals surface area contributed by atoms with Crippen LogP contribution in [0, 0.1) is 0 Å². The maximum Gasteiger partial charge on any atom is 0.251 e. The Kier molecular flexibility index (Phi) is 2.58. The zero-order chi connectivity index (χ0) is 12.8. The summed E-state index contributed by atoms with van der Waals surface area (Å²) in [5, 5.41) is 8.40. The summed E-state index contributed by atoms with van der Waals surface area (Å²) in [6, 6.07) is 0.297. The van der Waals surface area contributed by atoms with Crippen molar-refractivity contribution >= 4 is 5.91 Å². The number of hydrogen-bond acceptors (Lipinski definition) is 4. The number of amides is 1. The van der Waals surface area contributed by atoms with E-state index in [1.165, 1.54) is 12.8 Å². The molecule has 19 heavy (non-hydrogen) atoms. The van der Waals surface area contributed by atoms with Gasteiger partial charge in [0.05, 0.1) is 11.7 Å². The van der Waals surface area contributed by atoms with E-state index in [2.05, 4.69) is 16.5 Å². The highest BCUT2D eigenvalue weighted by Crippen LogP contribution is 2.39. The molecule has 1 aromatic rings. The average Bonchev–Trinajstić information content (AvgIpc) is 2.90. The smallest absolute Gasteiger partial charge is 0.251 e. The maximum absolute atomic E-state index is 12.1. The van der Waals surface area contributed by atoms with Gasteiger partial charge >= 0.3 is 0 Å². The molecule has 2 saturated heterocycles. The van der Waals surface area contributed by atoms with Crippen LogP contribution in [0.4, 0.5) is 0 Å². The van der Waals surface area contributed by atoms with Crippen molar-refractivity contribution in [1.29, 1.82) is 0 Å². The minimum Gasteiger partial charge on any atom is -0.368 e. The molecule has 3 fully saturated rings. The second-order valence-electron chi connectivity index (χ2n) is 5.80. The second-order valence-corrected chi connectivity index (χ2v) is 5.80. The number of carbonyl (C=O) groups is 1. The van der Waals surface area contributed by atoms with Crippen molar-refractivity contribution in [2.45, 2.75) is 43.7 Å². The summed E-state index contributed by atoms with van der Waals surface area (Å²) in [7, 11) is 0. The Hall–Kier alpha value is -1.43. The highest BCUT2D eigenvalue weighted by atomic mass is 16.5. The van der Waals surface area contributed by atoms with Gasteiger partial charge in [-0.3, -0.25) is 4.79 Å². The molecule has 1 unspecified atom stereocenters. The van der Waals surface area contributed by atoms with E-state index in [0.29, 0.717) is 12.0 Å². The molecule has 6 nitrogen and oxygen atoms in total. The Labute approximate surface area is 111 Å². The zero-order valence-electron chi connectivity index (χ0n) is 10.9. The highest BCUT2D eigenvalue weighted by Gasteiger charge is 2.38. The van der Waals surface area contributed by atoms with Crippen LogP contribution in [0.5, 0.6) is 0 Å². The van der Waals surface area contributed by atoms with E-state index < -0.39 is 0 Å². The minimum atomic E-state index is -0.196. The monoisotopic (exact) mass is 262 g/mol. The third-order valence-corrected chi connectivity index (χ3v) is 4.28. The lowest BCUT2D eigenvalue weighted by Gasteiger charge is -2.39. The van der Waals surface area contributed by atoms with Crippen molar-refractivity contribution in [2.24, 2.45) is 0 Å². The standard InChI is InChI=1S/C13H18N4O2/c18-13(12-2-1-5-19-12)16-6-10(7-16)17-8-11(14-15-17)9-3-4-9/h8-10,12H,1-7H2. The van der Waals surface area contributed by atoms with E-state index in [4.69, 9.17) is 4.74 Å². The largest absolute Gasteiger partial charge is 0.368 e. The quantitative estimate of drug-likeness (QED) is 0.805. The van der Waals surface area contributed by atoms with E-state index in [-0.39, 0.29) is 12.0 Å². The van der Waals surface area contributed by atoms with Gasteiger partial charge in [-0.2, -0.15) is 0 Å². The van der Waals surface area contributed by atoms with Crippen molar-refractivity contribution in [1.82, 2.24) is 19.9 Å². The van der Waals surface area contributed by atoms with E-state index >= 15 is 0 Å². The summed E-state index contributed by atoms with van der Waals surface area (Å²) >= 11 is 0. The van der Waals surface area contributed by atoms with Crippen molar-refractivity contribution in [2.75, 3.05) is 19.7 Å². The third-order valence-electron chi connectivity index (χ3n) is 4.28. The average molecular weight is 262 g/mol. The number of nitrogens with zero attached hydrogens (tertiary/aromatic N) is 4. The first-order valence-electron chi connectivity index (χ1n) is 7.13. The molecule has 2 aliphatic heterocycles. The Morgan fingerprint density at radius 1 is 1.32 bits per heavy atom. The first-order chi connectivity index (χ1) is 9.31. The van der Waals surface area contributed by atoms with E-state index in [1.807, 2.05) is 9.58 Å². The summed E-state index contributed by atoms with van der Waals surface area (Å²) < 4.78 is 7.35. The lowest BCUT2D eigenvalue weighted by atomic mass is 10.1. The van der Waals surface area contributed by atoms with Crippen LogP contribution in [-0.4, -0.2) is 51.6 Å². The van der Waals surface area contributed by atoms with Gasteiger partial charge in [0.2, 0.25) is 0 Å². The Morgan fingerprint density at radius 3 is 2.84 bits per heavy atom. The highest BCUT2D eigenvalue weighted by molar-refractivity contribution is 5.82.